The first kappa shape index (κ1) is 15.7. The zero-order chi connectivity index (χ0) is 16.6. The van der Waals surface area contributed by atoms with E-state index in [9.17, 15) is 9.59 Å². The summed E-state index contributed by atoms with van der Waals surface area (Å²) >= 11 is 1.55. The first-order valence-corrected chi connectivity index (χ1v) is 8.33. The molecule has 0 atom stereocenters. The number of furan rings is 1. The Morgan fingerprint density at radius 2 is 2.17 bits per heavy atom. The average Bonchev–Trinajstić information content (AvgIpc) is 3.00. The second-order valence-electron chi connectivity index (χ2n) is 5.97. The van der Waals surface area contributed by atoms with Crippen molar-refractivity contribution in [2.45, 2.75) is 45.1 Å². The van der Waals surface area contributed by atoms with E-state index in [4.69, 9.17) is 9.52 Å². The number of carbonyl (C=O) groups is 2. The van der Waals surface area contributed by atoms with Crippen LogP contribution in [0, 0.1) is 13.8 Å². The predicted molar refractivity (Wildman–Crippen MR) is 84.6 cm³/mol. The fourth-order valence-corrected chi connectivity index (χ4v) is 3.86. The fourth-order valence-electron chi connectivity index (χ4n) is 2.85. The lowest BCUT2D eigenvalue weighted by Crippen LogP contribution is -2.51. The van der Waals surface area contributed by atoms with Crippen molar-refractivity contribution in [3.05, 3.63) is 39.2 Å². The molecule has 0 aromatic carbocycles. The number of nitrogens with one attached hydrogen (secondary N) is 1. The Hall–Kier alpha value is -2.15. The number of amides is 1. The molecule has 2 aromatic rings. The van der Waals surface area contributed by atoms with Gasteiger partial charge in [0.05, 0.1) is 17.4 Å². The summed E-state index contributed by atoms with van der Waals surface area (Å²) in [6, 6.07) is 0. The number of thiazole rings is 1. The van der Waals surface area contributed by atoms with E-state index in [0.717, 1.165) is 30.0 Å². The number of aromatic nitrogens is 1. The number of carbonyl (C=O) groups excluding carboxylic acids is 1. The van der Waals surface area contributed by atoms with Crippen LogP contribution in [0.1, 0.15) is 51.6 Å². The highest BCUT2D eigenvalue weighted by atomic mass is 32.1. The van der Waals surface area contributed by atoms with Crippen molar-refractivity contribution in [2.75, 3.05) is 0 Å². The monoisotopic (exact) mass is 334 g/mol. The Kier molecular flexibility index (Phi) is 3.97. The molecule has 1 aliphatic carbocycles. The van der Waals surface area contributed by atoms with Crippen LogP contribution >= 0.6 is 11.3 Å². The van der Waals surface area contributed by atoms with Gasteiger partial charge in [-0.1, -0.05) is 0 Å². The molecular weight excluding hydrogens is 316 g/mol. The van der Waals surface area contributed by atoms with Gasteiger partial charge in [-0.25, -0.2) is 4.98 Å². The molecule has 1 saturated carbocycles. The Morgan fingerprint density at radius 1 is 1.43 bits per heavy atom. The third-order valence-corrected chi connectivity index (χ3v) is 5.34. The molecule has 0 bridgehead atoms. The summed E-state index contributed by atoms with van der Waals surface area (Å²) in [4.78, 5) is 28.2. The smallest absolute Gasteiger partial charge is 0.311 e. The van der Waals surface area contributed by atoms with Crippen LogP contribution in [0.2, 0.25) is 0 Å². The lowest BCUT2D eigenvalue weighted by molar-refractivity contribution is -0.136. The van der Waals surface area contributed by atoms with E-state index in [0.29, 0.717) is 11.1 Å². The summed E-state index contributed by atoms with van der Waals surface area (Å²) in [6.45, 7) is 3.67. The van der Waals surface area contributed by atoms with Crippen LogP contribution < -0.4 is 5.32 Å². The lowest BCUT2D eigenvalue weighted by atomic mass is 9.77. The van der Waals surface area contributed by atoms with Crippen molar-refractivity contribution in [3.8, 4) is 0 Å². The topological polar surface area (TPSA) is 92.4 Å². The molecule has 0 saturated heterocycles. The van der Waals surface area contributed by atoms with Crippen molar-refractivity contribution in [3.63, 3.8) is 0 Å². The van der Waals surface area contributed by atoms with Gasteiger partial charge in [-0.2, -0.15) is 0 Å². The fraction of sp³-hybridized carbons (Fsp3) is 0.438. The van der Waals surface area contributed by atoms with E-state index < -0.39 is 11.5 Å². The predicted octanol–water partition coefficient (Wildman–Crippen LogP) is 2.79. The number of hydrogen-bond donors (Lipinski definition) is 2. The van der Waals surface area contributed by atoms with Crippen molar-refractivity contribution in [2.24, 2.45) is 0 Å². The van der Waals surface area contributed by atoms with Crippen molar-refractivity contribution in [1.82, 2.24) is 10.3 Å². The minimum atomic E-state index is -1.03. The van der Waals surface area contributed by atoms with E-state index in [1.54, 1.807) is 18.3 Å². The molecule has 6 nitrogen and oxygen atoms in total. The molecule has 122 valence electrons. The minimum Gasteiger partial charge on any atom is -0.481 e. The van der Waals surface area contributed by atoms with Crippen LogP contribution in [-0.4, -0.2) is 22.0 Å². The molecule has 2 N–H and O–H groups in total. The highest BCUT2D eigenvalue weighted by molar-refractivity contribution is 7.09. The summed E-state index contributed by atoms with van der Waals surface area (Å²) < 4.78 is 5.25. The van der Waals surface area contributed by atoms with E-state index in [2.05, 4.69) is 10.3 Å². The van der Waals surface area contributed by atoms with Gasteiger partial charge in [0.1, 0.15) is 17.2 Å². The third-order valence-electron chi connectivity index (χ3n) is 4.18. The maximum Gasteiger partial charge on any atom is 0.311 e. The average molecular weight is 334 g/mol. The normalized spacial score (nSPS) is 15.9. The van der Waals surface area contributed by atoms with Gasteiger partial charge in [0.15, 0.2) is 0 Å². The number of rotatable bonds is 5. The zero-order valence-electron chi connectivity index (χ0n) is 13.0. The third kappa shape index (κ3) is 2.88. The molecule has 1 amide bonds. The van der Waals surface area contributed by atoms with Crippen LogP contribution in [0.25, 0.3) is 0 Å². The van der Waals surface area contributed by atoms with Crippen LogP contribution in [0.15, 0.2) is 16.1 Å². The van der Waals surface area contributed by atoms with E-state index in [1.807, 2.05) is 12.3 Å². The SMILES string of the molecule is Cc1csc(C2(NC(=O)c3c(C)coc3CC(=O)O)CCC2)n1. The highest BCUT2D eigenvalue weighted by Gasteiger charge is 2.43. The lowest BCUT2D eigenvalue weighted by Gasteiger charge is -2.40. The number of aliphatic carboxylic acids is 1. The van der Waals surface area contributed by atoms with Gasteiger partial charge in [0.2, 0.25) is 0 Å². The second kappa shape index (κ2) is 5.81. The van der Waals surface area contributed by atoms with E-state index in [1.165, 1.54) is 6.26 Å². The first-order valence-electron chi connectivity index (χ1n) is 7.45. The van der Waals surface area contributed by atoms with Crippen LogP contribution in [0.4, 0.5) is 0 Å². The van der Waals surface area contributed by atoms with Crippen LogP contribution in [0.3, 0.4) is 0 Å². The highest BCUT2D eigenvalue weighted by Crippen LogP contribution is 2.43. The molecule has 2 aromatic heterocycles. The van der Waals surface area contributed by atoms with Gasteiger partial charge in [-0.05, 0) is 33.1 Å². The molecule has 1 fully saturated rings. The standard InChI is InChI=1S/C16H18N2O4S/c1-9-7-22-11(6-12(19)20)13(9)14(21)18-16(4-3-5-16)15-17-10(2)8-23-15/h7-8H,3-6H2,1-2H3,(H,18,21)(H,19,20). The molecule has 0 spiro atoms. The summed E-state index contributed by atoms with van der Waals surface area (Å²) in [7, 11) is 0. The molecule has 0 radical (unpaired) electrons. The summed E-state index contributed by atoms with van der Waals surface area (Å²) in [6.07, 6.45) is 3.84. The van der Waals surface area contributed by atoms with Gasteiger partial charge in [-0.15, -0.1) is 11.3 Å². The van der Waals surface area contributed by atoms with Crippen LogP contribution in [0.5, 0.6) is 0 Å². The molecule has 0 aliphatic heterocycles. The number of hydrogen-bond acceptors (Lipinski definition) is 5. The van der Waals surface area contributed by atoms with Gasteiger partial charge >= 0.3 is 5.97 Å². The summed E-state index contributed by atoms with van der Waals surface area (Å²) in [5, 5.41) is 14.9. The first-order chi connectivity index (χ1) is 10.9. The van der Waals surface area contributed by atoms with Gasteiger partial charge < -0.3 is 14.8 Å². The van der Waals surface area contributed by atoms with Gasteiger partial charge in [0.25, 0.3) is 5.91 Å². The molecule has 2 heterocycles. The molecule has 1 aliphatic rings. The van der Waals surface area contributed by atoms with Gasteiger partial charge in [0, 0.05) is 16.6 Å². The molecular formula is C16H18N2O4S. The number of carboxylic acid groups (broad SMARTS) is 1. The molecule has 0 unspecified atom stereocenters. The summed E-state index contributed by atoms with van der Waals surface area (Å²) in [5.41, 5.74) is 1.48. The van der Waals surface area contributed by atoms with Crippen molar-refractivity contribution < 1.29 is 19.1 Å². The number of nitrogens with zero attached hydrogens (tertiary/aromatic N) is 1. The number of carboxylic acids is 1. The largest absolute Gasteiger partial charge is 0.481 e. The Bertz CT molecular complexity index is 758. The maximum atomic E-state index is 12.7. The van der Waals surface area contributed by atoms with E-state index >= 15 is 0 Å². The van der Waals surface area contributed by atoms with E-state index in [-0.39, 0.29) is 18.1 Å². The quantitative estimate of drug-likeness (QED) is 0.877. The second-order valence-corrected chi connectivity index (χ2v) is 6.83. The van der Waals surface area contributed by atoms with Crippen LogP contribution in [-0.2, 0) is 16.8 Å². The molecule has 3 rings (SSSR count). The molecule has 7 heteroatoms. The van der Waals surface area contributed by atoms with Crippen molar-refractivity contribution in [1.29, 1.82) is 0 Å². The zero-order valence-corrected chi connectivity index (χ0v) is 13.8. The maximum absolute atomic E-state index is 12.7. The van der Waals surface area contributed by atoms with Gasteiger partial charge in [-0.3, -0.25) is 9.59 Å². The minimum absolute atomic E-state index is 0.192. The Balaban J connectivity index is 1.86. The summed E-state index contributed by atoms with van der Waals surface area (Å²) in [5.74, 6) is -1.13. The Labute approximate surface area is 137 Å². The van der Waals surface area contributed by atoms with Crippen molar-refractivity contribution >= 4 is 23.2 Å². The molecule has 23 heavy (non-hydrogen) atoms. The number of aryl methyl sites for hydroxylation is 2. The Morgan fingerprint density at radius 3 is 2.70 bits per heavy atom.